The van der Waals surface area contributed by atoms with Crippen LogP contribution in [0.2, 0.25) is 0 Å². The Labute approximate surface area is 84.1 Å². The minimum Gasteiger partial charge on any atom is -0.355 e. The van der Waals surface area contributed by atoms with Crippen molar-refractivity contribution in [2.45, 2.75) is 25.8 Å². The van der Waals surface area contributed by atoms with Crippen molar-refractivity contribution in [3.63, 3.8) is 0 Å². The zero-order valence-corrected chi connectivity index (χ0v) is 9.01. The summed E-state index contributed by atoms with van der Waals surface area (Å²) in [5.74, 6) is -0.497. The smallest absolute Gasteiger partial charge is 0.221 e. The van der Waals surface area contributed by atoms with Gasteiger partial charge in [-0.2, -0.15) is 0 Å². The number of nitrogens with one attached hydrogen (secondary N) is 1. The highest BCUT2D eigenvalue weighted by Crippen LogP contribution is 1.92. The molecule has 5 N–H and O–H groups in total. The third-order valence-corrected chi connectivity index (χ3v) is 2.45. The van der Waals surface area contributed by atoms with Crippen LogP contribution in [0.1, 0.15) is 19.8 Å². The molecular weight excluding hydrogens is 206 g/mol. The van der Waals surface area contributed by atoms with Crippen molar-refractivity contribution in [1.82, 2.24) is 5.32 Å². The van der Waals surface area contributed by atoms with Crippen LogP contribution in [0.3, 0.4) is 0 Å². The summed E-state index contributed by atoms with van der Waals surface area (Å²) >= 11 is 0. The van der Waals surface area contributed by atoms with Crippen molar-refractivity contribution < 1.29 is 13.2 Å². The van der Waals surface area contributed by atoms with Gasteiger partial charge in [-0.1, -0.05) is 6.92 Å². The number of nitrogens with two attached hydrogens (primary N) is 2. The van der Waals surface area contributed by atoms with Gasteiger partial charge in [0.15, 0.2) is 0 Å². The lowest BCUT2D eigenvalue weighted by Gasteiger charge is -2.08. The predicted molar refractivity (Wildman–Crippen MR) is 53.9 cm³/mol. The summed E-state index contributed by atoms with van der Waals surface area (Å²) in [4.78, 5) is 11.1. The van der Waals surface area contributed by atoms with Crippen LogP contribution in [0, 0.1) is 0 Å². The molecule has 1 amide bonds. The van der Waals surface area contributed by atoms with Gasteiger partial charge in [-0.15, -0.1) is 0 Å². The molecular formula is C7H17N3O3S. The molecule has 1 atom stereocenters. The molecule has 1 unspecified atom stereocenters. The van der Waals surface area contributed by atoms with Gasteiger partial charge in [-0.05, 0) is 6.42 Å². The van der Waals surface area contributed by atoms with Gasteiger partial charge in [-0.25, -0.2) is 13.6 Å². The zero-order chi connectivity index (χ0) is 11.2. The van der Waals surface area contributed by atoms with E-state index in [0.717, 1.165) is 0 Å². The minimum atomic E-state index is -3.50. The lowest BCUT2D eigenvalue weighted by atomic mass is 10.1. The Hall–Kier alpha value is -0.660. The highest BCUT2D eigenvalue weighted by Gasteiger charge is 2.08. The minimum absolute atomic E-state index is 0.0358. The number of carbonyl (C=O) groups is 1. The van der Waals surface area contributed by atoms with Crippen molar-refractivity contribution in [1.29, 1.82) is 0 Å². The molecule has 6 nitrogen and oxygen atoms in total. The number of sulfonamides is 1. The number of primary sulfonamides is 1. The molecule has 14 heavy (non-hydrogen) atoms. The highest BCUT2D eigenvalue weighted by atomic mass is 32.2. The Morgan fingerprint density at radius 1 is 1.50 bits per heavy atom. The summed E-state index contributed by atoms with van der Waals surface area (Å²) < 4.78 is 21.0. The number of rotatable bonds is 6. The van der Waals surface area contributed by atoms with E-state index in [1.165, 1.54) is 0 Å². The molecule has 0 aliphatic carbocycles. The van der Waals surface area contributed by atoms with Crippen LogP contribution in [0.4, 0.5) is 0 Å². The number of carbonyl (C=O) groups excluding carboxylic acids is 1. The average Bonchev–Trinajstić information content (AvgIpc) is 2.01. The van der Waals surface area contributed by atoms with Crippen LogP contribution in [0.25, 0.3) is 0 Å². The van der Waals surface area contributed by atoms with E-state index < -0.39 is 10.0 Å². The lowest BCUT2D eigenvalue weighted by Crippen LogP contribution is -2.35. The average molecular weight is 223 g/mol. The van der Waals surface area contributed by atoms with Crippen LogP contribution in [-0.4, -0.2) is 32.7 Å². The second-order valence-electron chi connectivity index (χ2n) is 3.09. The topological polar surface area (TPSA) is 115 Å². The maximum Gasteiger partial charge on any atom is 0.221 e. The van der Waals surface area contributed by atoms with E-state index in [1.54, 1.807) is 0 Å². The van der Waals surface area contributed by atoms with Crippen molar-refractivity contribution in [3.8, 4) is 0 Å². The fourth-order valence-corrected chi connectivity index (χ4v) is 1.17. The van der Waals surface area contributed by atoms with Crippen LogP contribution in [0.5, 0.6) is 0 Å². The van der Waals surface area contributed by atoms with Crippen LogP contribution in [0.15, 0.2) is 0 Å². The first-order chi connectivity index (χ1) is 6.35. The molecule has 0 bridgehead atoms. The molecule has 0 aromatic heterocycles. The molecule has 0 aromatic carbocycles. The molecule has 0 heterocycles. The Morgan fingerprint density at radius 3 is 2.50 bits per heavy atom. The van der Waals surface area contributed by atoms with Crippen LogP contribution < -0.4 is 16.2 Å². The van der Waals surface area contributed by atoms with E-state index >= 15 is 0 Å². The van der Waals surface area contributed by atoms with Crippen molar-refractivity contribution in [2.24, 2.45) is 10.9 Å². The third-order valence-electron chi connectivity index (χ3n) is 1.68. The van der Waals surface area contributed by atoms with Gasteiger partial charge in [0, 0.05) is 19.0 Å². The monoisotopic (exact) mass is 223 g/mol. The fourth-order valence-electron chi connectivity index (χ4n) is 0.787. The summed E-state index contributed by atoms with van der Waals surface area (Å²) in [6.45, 7) is 1.91. The van der Waals surface area contributed by atoms with Crippen LogP contribution >= 0.6 is 0 Å². The van der Waals surface area contributed by atoms with Gasteiger partial charge >= 0.3 is 0 Å². The van der Waals surface area contributed by atoms with Gasteiger partial charge in [0.25, 0.3) is 0 Å². The van der Waals surface area contributed by atoms with Crippen molar-refractivity contribution >= 4 is 15.9 Å². The quantitative estimate of drug-likeness (QED) is 0.509. The van der Waals surface area contributed by atoms with Gasteiger partial charge < -0.3 is 11.1 Å². The van der Waals surface area contributed by atoms with Gasteiger partial charge in [0.2, 0.25) is 15.9 Å². The maximum atomic E-state index is 11.1. The number of amides is 1. The molecule has 7 heteroatoms. The molecule has 0 fully saturated rings. The Balaban J connectivity index is 3.65. The molecule has 0 aliphatic heterocycles. The predicted octanol–water partition coefficient (Wildman–Crippen LogP) is -1.48. The molecule has 0 aliphatic rings. The Bertz CT molecular complexity index is 276. The molecule has 0 spiro atoms. The first-order valence-corrected chi connectivity index (χ1v) is 6.09. The Kier molecular flexibility index (Phi) is 5.66. The number of hydrogen-bond acceptors (Lipinski definition) is 4. The largest absolute Gasteiger partial charge is 0.355 e. The zero-order valence-electron chi connectivity index (χ0n) is 8.19. The second kappa shape index (κ2) is 5.94. The molecule has 0 rings (SSSR count). The molecule has 0 aromatic rings. The van der Waals surface area contributed by atoms with Gasteiger partial charge in [0.05, 0.1) is 5.75 Å². The van der Waals surface area contributed by atoms with E-state index in [4.69, 9.17) is 10.9 Å². The summed E-state index contributed by atoms with van der Waals surface area (Å²) in [7, 11) is -3.50. The normalized spacial score (nSPS) is 13.6. The first-order valence-electron chi connectivity index (χ1n) is 4.38. The van der Waals surface area contributed by atoms with Gasteiger partial charge in [-0.3, -0.25) is 4.79 Å². The molecule has 0 saturated heterocycles. The first kappa shape index (κ1) is 13.3. The SMILES string of the molecule is CCC(N)CC(=O)NCCS(N)(=O)=O. The third kappa shape index (κ3) is 7.96. The van der Waals surface area contributed by atoms with E-state index in [0.29, 0.717) is 6.42 Å². The van der Waals surface area contributed by atoms with E-state index in [-0.39, 0.29) is 30.7 Å². The van der Waals surface area contributed by atoms with Crippen molar-refractivity contribution in [2.75, 3.05) is 12.3 Å². The van der Waals surface area contributed by atoms with Gasteiger partial charge in [0.1, 0.15) is 0 Å². The Morgan fingerprint density at radius 2 is 2.07 bits per heavy atom. The maximum absolute atomic E-state index is 11.1. The van der Waals surface area contributed by atoms with Crippen molar-refractivity contribution in [3.05, 3.63) is 0 Å². The standard InChI is InChI=1S/C7H17N3O3S/c1-2-6(8)5-7(11)10-3-4-14(9,12)13/h6H,2-5,8H2,1H3,(H,10,11)(H2,9,12,13). The molecule has 0 radical (unpaired) electrons. The lowest BCUT2D eigenvalue weighted by molar-refractivity contribution is -0.121. The molecule has 84 valence electrons. The molecule has 0 saturated carbocycles. The van der Waals surface area contributed by atoms with E-state index in [1.807, 2.05) is 6.92 Å². The van der Waals surface area contributed by atoms with E-state index in [2.05, 4.69) is 5.32 Å². The summed E-state index contributed by atoms with van der Waals surface area (Å²) in [6.07, 6.45) is 0.920. The summed E-state index contributed by atoms with van der Waals surface area (Å²) in [6, 6.07) is -0.176. The second-order valence-corrected chi connectivity index (χ2v) is 4.82. The highest BCUT2D eigenvalue weighted by molar-refractivity contribution is 7.89. The summed E-state index contributed by atoms with van der Waals surface area (Å²) in [5.41, 5.74) is 5.53. The van der Waals surface area contributed by atoms with Crippen LogP contribution in [-0.2, 0) is 14.8 Å². The van der Waals surface area contributed by atoms with E-state index in [9.17, 15) is 13.2 Å². The fraction of sp³-hybridized carbons (Fsp3) is 0.857. The summed E-state index contributed by atoms with van der Waals surface area (Å²) in [5, 5.41) is 7.17. The number of hydrogen-bond donors (Lipinski definition) is 3.